The van der Waals surface area contributed by atoms with E-state index in [2.05, 4.69) is 15.0 Å². The summed E-state index contributed by atoms with van der Waals surface area (Å²) in [6.45, 7) is 1.51. The summed E-state index contributed by atoms with van der Waals surface area (Å²) in [7, 11) is 0. The minimum absolute atomic E-state index is 0.0527. The van der Waals surface area contributed by atoms with Gasteiger partial charge in [-0.1, -0.05) is 30.3 Å². The zero-order valence-electron chi connectivity index (χ0n) is 19.0. The van der Waals surface area contributed by atoms with Gasteiger partial charge >= 0.3 is 12.4 Å². The highest BCUT2D eigenvalue weighted by atomic mass is 19.4. The number of nitrogens with one attached hydrogen (secondary N) is 1. The van der Waals surface area contributed by atoms with Crippen molar-refractivity contribution in [3.05, 3.63) is 90.3 Å². The van der Waals surface area contributed by atoms with Crippen LogP contribution in [0.1, 0.15) is 24.2 Å². The van der Waals surface area contributed by atoms with Gasteiger partial charge in [0.25, 0.3) is 5.91 Å². The summed E-state index contributed by atoms with van der Waals surface area (Å²) in [5, 5.41) is 2.83. The van der Waals surface area contributed by atoms with Gasteiger partial charge in [0.15, 0.2) is 0 Å². The summed E-state index contributed by atoms with van der Waals surface area (Å²) >= 11 is 0. The number of urea groups is 1. The monoisotopic (exact) mass is 498 g/mol. The maximum atomic E-state index is 13.4. The van der Waals surface area contributed by atoms with Crippen LogP contribution in [0.2, 0.25) is 0 Å². The molecule has 186 valence electrons. The molecule has 0 saturated carbocycles. The van der Waals surface area contributed by atoms with Crippen molar-refractivity contribution in [2.45, 2.75) is 31.9 Å². The van der Waals surface area contributed by atoms with Crippen molar-refractivity contribution in [2.24, 2.45) is 0 Å². The number of benzene rings is 2. The molecule has 1 aliphatic rings. The third-order valence-corrected chi connectivity index (χ3v) is 5.54. The predicted octanol–water partition coefficient (Wildman–Crippen LogP) is 4.20. The standard InChI is InChI=1S/C25H21F3N4O4/c1-16-23(34)32(19-7-9-20(10-8-19)36-25(26,27)28)24(35)31(16)22(18-11-13-29-14-12-18)30-21(33)15-17-5-3-2-4-6-17/h2-14,16,22H,15H2,1H3,(H,30,33). The lowest BCUT2D eigenvalue weighted by atomic mass is 10.1. The summed E-state index contributed by atoms with van der Waals surface area (Å²) in [5.41, 5.74) is 1.36. The molecule has 11 heteroatoms. The molecule has 2 unspecified atom stereocenters. The van der Waals surface area contributed by atoms with Gasteiger partial charge in [-0.05, 0) is 54.4 Å². The summed E-state index contributed by atoms with van der Waals surface area (Å²) in [5.74, 6) is -1.46. The van der Waals surface area contributed by atoms with Crippen LogP contribution in [0.25, 0.3) is 0 Å². The smallest absolute Gasteiger partial charge is 0.406 e. The number of hydrogen-bond donors (Lipinski definition) is 1. The molecule has 2 atom stereocenters. The van der Waals surface area contributed by atoms with E-state index in [4.69, 9.17) is 0 Å². The van der Waals surface area contributed by atoms with E-state index in [-0.39, 0.29) is 18.0 Å². The third kappa shape index (κ3) is 5.45. The molecule has 4 rings (SSSR count). The van der Waals surface area contributed by atoms with Crippen LogP contribution in [0.4, 0.5) is 23.7 Å². The molecular formula is C25H21F3N4O4. The average Bonchev–Trinajstić information content (AvgIpc) is 3.06. The minimum atomic E-state index is -4.87. The van der Waals surface area contributed by atoms with Gasteiger partial charge in [0, 0.05) is 12.4 Å². The first-order chi connectivity index (χ1) is 17.1. The zero-order chi connectivity index (χ0) is 25.9. The topological polar surface area (TPSA) is 91.8 Å². The number of alkyl halides is 3. The average molecular weight is 498 g/mol. The van der Waals surface area contributed by atoms with E-state index in [1.54, 1.807) is 36.4 Å². The number of pyridine rings is 1. The van der Waals surface area contributed by atoms with Crippen molar-refractivity contribution in [3.8, 4) is 5.75 Å². The van der Waals surface area contributed by atoms with Crippen molar-refractivity contribution < 1.29 is 32.3 Å². The maximum absolute atomic E-state index is 13.4. The quantitative estimate of drug-likeness (QED) is 0.493. The van der Waals surface area contributed by atoms with E-state index in [1.165, 1.54) is 36.4 Å². The number of carbonyl (C=O) groups excluding carboxylic acids is 3. The largest absolute Gasteiger partial charge is 0.573 e. The van der Waals surface area contributed by atoms with Crippen molar-refractivity contribution >= 4 is 23.5 Å². The van der Waals surface area contributed by atoms with Crippen LogP contribution in [0.5, 0.6) is 5.75 Å². The van der Waals surface area contributed by atoms with Crippen LogP contribution in [0, 0.1) is 0 Å². The molecule has 2 heterocycles. The maximum Gasteiger partial charge on any atom is 0.573 e. The molecule has 4 amide bonds. The number of nitrogens with zero attached hydrogens (tertiary/aromatic N) is 3. The van der Waals surface area contributed by atoms with E-state index in [0.717, 1.165) is 22.6 Å². The van der Waals surface area contributed by atoms with E-state index >= 15 is 0 Å². The van der Waals surface area contributed by atoms with Gasteiger partial charge in [0.05, 0.1) is 12.1 Å². The van der Waals surface area contributed by atoms with Crippen LogP contribution in [-0.2, 0) is 16.0 Å². The molecule has 0 aliphatic carbocycles. The first kappa shape index (κ1) is 24.7. The van der Waals surface area contributed by atoms with E-state index in [1.807, 2.05) is 6.07 Å². The molecule has 0 radical (unpaired) electrons. The molecule has 3 aromatic rings. The van der Waals surface area contributed by atoms with E-state index < -0.39 is 36.3 Å². The van der Waals surface area contributed by atoms with E-state index in [0.29, 0.717) is 5.56 Å². The second-order valence-electron chi connectivity index (χ2n) is 7.99. The molecule has 1 aromatic heterocycles. The summed E-state index contributed by atoms with van der Waals surface area (Å²) in [6.07, 6.45) is -2.82. The molecule has 1 aliphatic heterocycles. The van der Waals surface area contributed by atoms with Gasteiger partial charge in [0.2, 0.25) is 5.91 Å². The number of halogens is 3. The van der Waals surface area contributed by atoms with Gasteiger partial charge < -0.3 is 10.1 Å². The van der Waals surface area contributed by atoms with Crippen molar-refractivity contribution in [3.63, 3.8) is 0 Å². The Kier molecular flexibility index (Phi) is 6.91. The second-order valence-corrected chi connectivity index (χ2v) is 7.99. The lowest BCUT2D eigenvalue weighted by molar-refractivity contribution is -0.274. The van der Waals surface area contributed by atoms with Gasteiger partial charge in [-0.25, -0.2) is 9.69 Å². The Labute approximate surface area is 204 Å². The molecule has 1 N–H and O–H groups in total. The lowest BCUT2D eigenvalue weighted by Crippen LogP contribution is -2.46. The highest BCUT2D eigenvalue weighted by molar-refractivity contribution is 6.21. The Balaban J connectivity index is 1.60. The Morgan fingerprint density at radius 2 is 1.67 bits per heavy atom. The zero-order valence-corrected chi connectivity index (χ0v) is 19.0. The highest BCUT2D eigenvalue weighted by Crippen LogP contribution is 2.33. The number of anilines is 1. The Hall–Kier alpha value is -4.41. The molecule has 2 aromatic carbocycles. The first-order valence-electron chi connectivity index (χ1n) is 10.9. The fourth-order valence-electron chi connectivity index (χ4n) is 3.89. The number of aromatic nitrogens is 1. The predicted molar refractivity (Wildman–Crippen MR) is 123 cm³/mol. The number of rotatable bonds is 7. The highest BCUT2D eigenvalue weighted by Gasteiger charge is 2.47. The number of hydrogen-bond acceptors (Lipinski definition) is 5. The fourth-order valence-corrected chi connectivity index (χ4v) is 3.89. The van der Waals surface area contributed by atoms with Crippen molar-refractivity contribution in [1.29, 1.82) is 0 Å². The molecule has 36 heavy (non-hydrogen) atoms. The van der Waals surface area contributed by atoms with Crippen LogP contribution in [0.3, 0.4) is 0 Å². The number of imide groups is 1. The fraction of sp³-hybridized carbons (Fsp3) is 0.200. The lowest BCUT2D eigenvalue weighted by Gasteiger charge is -2.31. The van der Waals surface area contributed by atoms with Gasteiger partial charge in [-0.15, -0.1) is 13.2 Å². The molecule has 0 bridgehead atoms. The number of carbonyl (C=O) groups is 3. The molecular weight excluding hydrogens is 477 g/mol. The van der Waals surface area contributed by atoms with Crippen molar-refractivity contribution in [2.75, 3.05) is 4.90 Å². The van der Waals surface area contributed by atoms with Crippen LogP contribution in [-0.4, -0.2) is 40.1 Å². The normalized spacial score (nSPS) is 16.7. The number of amides is 4. The molecule has 0 spiro atoms. The van der Waals surface area contributed by atoms with Gasteiger partial charge in [-0.3, -0.25) is 19.5 Å². The van der Waals surface area contributed by atoms with Crippen LogP contribution >= 0.6 is 0 Å². The van der Waals surface area contributed by atoms with Gasteiger partial charge in [-0.2, -0.15) is 0 Å². The first-order valence-corrected chi connectivity index (χ1v) is 10.9. The number of ether oxygens (including phenoxy) is 1. The third-order valence-electron chi connectivity index (χ3n) is 5.54. The van der Waals surface area contributed by atoms with Crippen molar-refractivity contribution in [1.82, 2.24) is 15.2 Å². The minimum Gasteiger partial charge on any atom is -0.406 e. The summed E-state index contributed by atoms with van der Waals surface area (Å²) in [6, 6.07) is 14.9. The van der Waals surface area contributed by atoms with E-state index in [9.17, 15) is 27.6 Å². The van der Waals surface area contributed by atoms with Crippen LogP contribution in [0.15, 0.2) is 79.1 Å². The van der Waals surface area contributed by atoms with Gasteiger partial charge in [0.1, 0.15) is 18.0 Å². The molecule has 1 fully saturated rings. The SMILES string of the molecule is CC1C(=O)N(c2ccc(OC(F)(F)F)cc2)C(=O)N1C(NC(=O)Cc1ccccc1)c1ccncc1. The molecule has 8 nitrogen and oxygen atoms in total. The Morgan fingerprint density at radius 1 is 1.03 bits per heavy atom. The molecule has 1 saturated heterocycles. The summed E-state index contributed by atoms with van der Waals surface area (Å²) in [4.78, 5) is 45.5. The Morgan fingerprint density at radius 3 is 2.28 bits per heavy atom. The summed E-state index contributed by atoms with van der Waals surface area (Å²) < 4.78 is 41.3. The Bertz CT molecular complexity index is 1240. The van der Waals surface area contributed by atoms with Crippen LogP contribution < -0.4 is 15.0 Å². The second kappa shape index (κ2) is 10.1.